The minimum atomic E-state index is -0.664. The van der Waals surface area contributed by atoms with Gasteiger partial charge in [0, 0.05) is 34.9 Å². The lowest BCUT2D eigenvalue weighted by molar-refractivity contribution is 0.411. The number of nitrogens with one attached hydrogen (secondary N) is 1. The molecule has 0 aliphatic heterocycles. The number of benzene rings is 1. The summed E-state index contributed by atoms with van der Waals surface area (Å²) in [5, 5.41) is 3.53. The van der Waals surface area contributed by atoms with Gasteiger partial charge in [0.05, 0.1) is 7.11 Å². The molecule has 2 unspecified atom stereocenters. The Morgan fingerprint density at radius 2 is 2.26 bits per heavy atom. The predicted molar refractivity (Wildman–Crippen MR) is 80.4 cm³/mol. The first-order valence-corrected chi connectivity index (χ1v) is 8.46. The highest BCUT2D eigenvalue weighted by Gasteiger charge is 2.18. The highest BCUT2D eigenvalue weighted by Crippen LogP contribution is 2.25. The van der Waals surface area contributed by atoms with Crippen LogP contribution < -0.4 is 10.1 Å². The Labute approximate surface area is 118 Å². The van der Waals surface area contributed by atoms with Crippen LogP contribution in [0.2, 0.25) is 0 Å². The molecule has 0 aromatic heterocycles. The van der Waals surface area contributed by atoms with Crippen molar-refractivity contribution in [1.29, 1.82) is 0 Å². The van der Waals surface area contributed by atoms with E-state index in [9.17, 15) is 4.21 Å². The molecule has 0 radical (unpaired) electrons. The van der Waals surface area contributed by atoms with Crippen LogP contribution in [-0.4, -0.2) is 35.4 Å². The second kappa shape index (κ2) is 7.06. The van der Waals surface area contributed by atoms with Gasteiger partial charge < -0.3 is 10.1 Å². The average molecular weight is 281 g/mol. The summed E-state index contributed by atoms with van der Waals surface area (Å²) in [6.07, 6.45) is 3.33. The van der Waals surface area contributed by atoms with Gasteiger partial charge in [-0.2, -0.15) is 0 Å². The molecule has 1 aliphatic carbocycles. The molecule has 106 valence electrons. The zero-order valence-corrected chi connectivity index (χ0v) is 12.6. The number of aryl methyl sites for hydroxylation is 1. The number of ether oxygens (including phenoxy) is 1. The molecule has 0 fully saturated rings. The maximum atomic E-state index is 11.4. The van der Waals surface area contributed by atoms with E-state index in [1.54, 1.807) is 7.11 Å². The van der Waals surface area contributed by atoms with Gasteiger partial charge in [-0.15, -0.1) is 0 Å². The van der Waals surface area contributed by atoms with Crippen molar-refractivity contribution in [2.45, 2.75) is 32.2 Å². The van der Waals surface area contributed by atoms with E-state index in [2.05, 4.69) is 17.4 Å². The quantitative estimate of drug-likeness (QED) is 0.865. The summed E-state index contributed by atoms with van der Waals surface area (Å²) in [7, 11) is 1.04. The highest BCUT2D eigenvalue weighted by atomic mass is 32.2. The Bertz CT molecular complexity index is 448. The van der Waals surface area contributed by atoms with Crippen molar-refractivity contribution in [3.8, 4) is 5.75 Å². The van der Waals surface area contributed by atoms with Crippen molar-refractivity contribution in [3.63, 3.8) is 0 Å². The van der Waals surface area contributed by atoms with Gasteiger partial charge in [-0.3, -0.25) is 4.21 Å². The van der Waals surface area contributed by atoms with E-state index in [0.717, 1.165) is 43.1 Å². The molecular formula is C15H23NO2S. The van der Waals surface area contributed by atoms with Crippen LogP contribution in [-0.2, 0) is 23.6 Å². The number of hydrogen-bond acceptors (Lipinski definition) is 3. The van der Waals surface area contributed by atoms with Crippen molar-refractivity contribution >= 4 is 10.8 Å². The minimum absolute atomic E-state index is 0.508. The third-order valence-corrected chi connectivity index (χ3v) is 5.03. The lowest BCUT2D eigenvalue weighted by Crippen LogP contribution is -2.36. The molecule has 0 saturated heterocycles. The van der Waals surface area contributed by atoms with Crippen LogP contribution in [0.1, 0.15) is 24.5 Å². The number of fused-ring (bicyclic) bond motifs is 1. The zero-order chi connectivity index (χ0) is 13.7. The Kier molecular flexibility index (Phi) is 5.40. The molecule has 0 spiro atoms. The molecule has 0 amide bonds. The van der Waals surface area contributed by atoms with Crippen molar-refractivity contribution in [3.05, 3.63) is 29.3 Å². The molecule has 3 nitrogen and oxygen atoms in total. The van der Waals surface area contributed by atoms with Crippen LogP contribution in [0, 0.1) is 0 Å². The van der Waals surface area contributed by atoms with Gasteiger partial charge in [0.1, 0.15) is 5.75 Å². The van der Waals surface area contributed by atoms with Gasteiger partial charge in [-0.1, -0.05) is 13.0 Å². The van der Waals surface area contributed by atoms with Crippen molar-refractivity contribution in [2.75, 3.05) is 25.2 Å². The summed E-state index contributed by atoms with van der Waals surface area (Å²) in [5.41, 5.74) is 2.83. The van der Waals surface area contributed by atoms with Gasteiger partial charge in [-0.25, -0.2) is 0 Å². The Morgan fingerprint density at radius 1 is 1.42 bits per heavy atom. The Morgan fingerprint density at radius 3 is 3.00 bits per heavy atom. The first-order chi connectivity index (χ1) is 9.22. The fourth-order valence-corrected chi connectivity index (χ4v) is 3.19. The smallest absolute Gasteiger partial charge is 0.119 e. The predicted octanol–water partition coefficient (Wildman–Crippen LogP) is 1.91. The molecule has 19 heavy (non-hydrogen) atoms. The van der Waals surface area contributed by atoms with Gasteiger partial charge in [0.2, 0.25) is 0 Å². The Balaban J connectivity index is 1.88. The van der Waals surface area contributed by atoms with E-state index < -0.39 is 10.8 Å². The van der Waals surface area contributed by atoms with E-state index in [1.165, 1.54) is 11.1 Å². The van der Waals surface area contributed by atoms with Gasteiger partial charge in [0.15, 0.2) is 0 Å². The van der Waals surface area contributed by atoms with E-state index >= 15 is 0 Å². The largest absolute Gasteiger partial charge is 0.497 e. The fraction of sp³-hybridized carbons (Fsp3) is 0.600. The van der Waals surface area contributed by atoms with E-state index in [0.29, 0.717) is 6.04 Å². The molecular weight excluding hydrogens is 258 g/mol. The van der Waals surface area contributed by atoms with Gasteiger partial charge >= 0.3 is 0 Å². The second-order valence-electron chi connectivity index (χ2n) is 4.96. The van der Waals surface area contributed by atoms with Crippen LogP contribution in [0.4, 0.5) is 0 Å². The van der Waals surface area contributed by atoms with E-state index in [1.807, 2.05) is 13.0 Å². The molecule has 1 aliphatic rings. The lowest BCUT2D eigenvalue weighted by Gasteiger charge is -2.26. The maximum Gasteiger partial charge on any atom is 0.119 e. The van der Waals surface area contributed by atoms with Crippen molar-refractivity contribution in [1.82, 2.24) is 5.32 Å². The van der Waals surface area contributed by atoms with Crippen molar-refractivity contribution in [2.24, 2.45) is 0 Å². The lowest BCUT2D eigenvalue weighted by atomic mass is 9.88. The normalized spacial score (nSPS) is 19.8. The molecule has 2 rings (SSSR count). The van der Waals surface area contributed by atoms with Crippen LogP contribution in [0.15, 0.2) is 18.2 Å². The summed E-state index contributed by atoms with van der Waals surface area (Å²) < 4.78 is 16.7. The number of methoxy groups -OCH3 is 1. The maximum absolute atomic E-state index is 11.4. The third kappa shape index (κ3) is 4.05. The molecule has 0 heterocycles. The monoisotopic (exact) mass is 281 g/mol. The molecule has 1 N–H and O–H groups in total. The first kappa shape index (κ1) is 14.5. The van der Waals surface area contributed by atoms with E-state index in [4.69, 9.17) is 4.74 Å². The second-order valence-corrected chi connectivity index (χ2v) is 6.83. The molecule has 0 bridgehead atoms. The summed E-state index contributed by atoms with van der Waals surface area (Å²) in [6, 6.07) is 6.87. The molecule has 1 aromatic rings. The molecule has 4 heteroatoms. The van der Waals surface area contributed by atoms with Crippen molar-refractivity contribution < 1.29 is 8.95 Å². The van der Waals surface area contributed by atoms with E-state index in [-0.39, 0.29) is 0 Å². The van der Waals surface area contributed by atoms with Crippen LogP contribution in [0.5, 0.6) is 5.75 Å². The van der Waals surface area contributed by atoms with Crippen LogP contribution >= 0.6 is 0 Å². The summed E-state index contributed by atoms with van der Waals surface area (Å²) >= 11 is 0. The topological polar surface area (TPSA) is 38.3 Å². The first-order valence-electron chi connectivity index (χ1n) is 6.97. The summed E-state index contributed by atoms with van der Waals surface area (Å²) in [6.45, 7) is 2.82. The third-order valence-electron chi connectivity index (χ3n) is 3.73. The van der Waals surface area contributed by atoms with Gasteiger partial charge in [-0.05, 0) is 42.5 Å². The molecule has 1 aromatic carbocycles. The van der Waals surface area contributed by atoms with Gasteiger partial charge in [0.25, 0.3) is 0 Å². The van der Waals surface area contributed by atoms with Crippen LogP contribution in [0.3, 0.4) is 0 Å². The number of rotatable bonds is 6. The Hall–Kier alpha value is -0.870. The average Bonchev–Trinajstić information content (AvgIpc) is 2.46. The summed E-state index contributed by atoms with van der Waals surface area (Å²) in [4.78, 5) is 0. The molecule has 2 atom stereocenters. The molecule has 0 saturated carbocycles. The summed E-state index contributed by atoms with van der Waals surface area (Å²) in [5.74, 6) is 2.45. The standard InChI is InChI=1S/C15H23NO2S/c1-3-19(17)9-8-16-14-6-4-12-5-7-15(18-2)11-13(12)10-14/h5,7,11,14,16H,3-4,6,8-10H2,1-2H3. The highest BCUT2D eigenvalue weighted by molar-refractivity contribution is 7.84. The van der Waals surface area contributed by atoms with Crippen LogP contribution in [0.25, 0.3) is 0 Å². The number of hydrogen-bond donors (Lipinski definition) is 1. The zero-order valence-electron chi connectivity index (χ0n) is 11.8. The minimum Gasteiger partial charge on any atom is -0.497 e. The SMILES string of the molecule is CCS(=O)CCNC1CCc2ccc(OC)cc2C1. The fourth-order valence-electron chi connectivity index (χ4n) is 2.56.